The number of carboxylic acid groups (broad SMARTS) is 1. The van der Waals surface area contributed by atoms with Gasteiger partial charge in [-0.05, 0) is 6.42 Å². The first-order valence-electron chi connectivity index (χ1n) is 3.80. The van der Waals surface area contributed by atoms with E-state index in [2.05, 4.69) is 5.32 Å². The minimum Gasteiger partial charge on any atom is -0.480 e. The van der Waals surface area contributed by atoms with Gasteiger partial charge in [-0.3, -0.25) is 4.79 Å². The molecule has 0 bridgehead atoms. The molecule has 0 unspecified atom stereocenters. The maximum absolute atomic E-state index is 11.1. The largest absolute Gasteiger partial charge is 0.480 e. The molecule has 0 aliphatic carbocycles. The maximum atomic E-state index is 11.1. The molecule has 0 aromatic heterocycles. The van der Waals surface area contributed by atoms with Crippen LogP contribution in [-0.4, -0.2) is 34.0 Å². The SMILES string of the molecule is CC[C@H]1SC[C@H](C(=O)O)NC1=O. The Balaban J connectivity index is 2.52. The van der Waals surface area contributed by atoms with Crippen molar-refractivity contribution < 1.29 is 14.7 Å². The summed E-state index contributed by atoms with van der Waals surface area (Å²) < 4.78 is 0. The number of hydrogen-bond acceptors (Lipinski definition) is 3. The van der Waals surface area contributed by atoms with Crippen LogP contribution in [0.25, 0.3) is 0 Å². The van der Waals surface area contributed by atoms with Gasteiger partial charge in [-0.1, -0.05) is 6.92 Å². The van der Waals surface area contributed by atoms with E-state index in [1.165, 1.54) is 11.8 Å². The van der Waals surface area contributed by atoms with Crippen molar-refractivity contribution >= 4 is 23.6 Å². The fraction of sp³-hybridized carbons (Fsp3) is 0.714. The van der Waals surface area contributed by atoms with Crippen LogP contribution in [0.5, 0.6) is 0 Å². The zero-order valence-corrected chi connectivity index (χ0v) is 7.56. The van der Waals surface area contributed by atoms with Gasteiger partial charge >= 0.3 is 5.97 Å². The smallest absolute Gasteiger partial charge is 0.327 e. The second-order valence-corrected chi connectivity index (χ2v) is 3.87. The summed E-state index contributed by atoms with van der Waals surface area (Å²) in [5, 5.41) is 11.0. The molecule has 0 radical (unpaired) electrons. The first-order valence-corrected chi connectivity index (χ1v) is 4.84. The lowest BCUT2D eigenvalue weighted by atomic mass is 10.2. The highest BCUT2D eigenvalue weighted by Gasteiger charge is 2.30. The Morgan fingerprint density at radius 1 is 1.83 bits per heavy atom. The summed E-state index contributed by atoms with van der Waals surface area (Å²) in [4.78, 5) is 21.6. The van der Waals surface area contributed by atoms with E-state index < -0.39 is 12.0 Å². The lowest BCUT2D eigenvalue weighted by molar-refractivity contribution is -0.141. The first kappa shape index (κ1) is 9.38. The molecule has 0 aromatic carbocycles. The van der Waals surface area contributed by atoms with Crippen LogP contribution in [0.15, 0.2) is 0 Å². The molecule has 1 aliphatic rings. The molecule has 1 fully saturated rings. The van der Waals surface area contributed by atoms with Gasteiger partial charge in [-0.2, -0.15) is 0 Å². The van der Waals surface area contributed by atoms with Crippen LogP contribution in [0.3, 0.4) is 0 Å². The summed E-state index contributed by atoms with van der Waals surface area (Å²) in [6.07, 6.45) is 0.753. The Bertz CT molecular complexity index is 207. The number of hydrogen-bond donors (Lipinski definition) is 2. The van der Waals surface area contributed by atoms with Crippen LogP contribution in [0.1, 0.15) is 13.3 Å². The highest BCUT2D eigenvalue weighted by molar-refractivity contribution is 8.00. The summed E-state index contributed by atoms with van der Waals surface area (Å²) in [5.41, 5.74) is 0. The van der Waals surface area contributed by atoms with Gasteiger partial charge in [0.25, 0.3) is 0 Å². The molecule has 1 heterocycles. The Labute approximate surface area is 74.7 Å². The van der Waals surface area contributed by atoms with Gasteiger partial charge in [-0.25, -0.2) is 4.79 Å². The second kappa shape index (κ2) is 3.80. The van der Waals surface area contributed by atoms with Gasteiger partial charge in [0.05, 0.1) is 5.25 Å². The third-order valence-corrected chi connectivity index (χ3v) is 3.22. The van der Waals surface area contributed by atoms with Crippen molar-refractivity contribution in [1.29, 1.82) is 0 Å². The number of rotatable bonds is 2. The standard InChI is InChI=1S/C7H11NO3S/c1-2-5-6(9)8-4(3-12-5)7(10)11/h4-5H,2-3H2,1H3,(H,8,9)(H,10,11)/t4-,5-/m1/s1. The molecular formula is C7H11NO3S. The molecule has 2 atom stereocenters. The summed E-state index contributed by atoms with van der Waals surface area (Å²) in [5.74, 6) is -0.633. The van der Waals surface area contributed by atoms with Gasteiger partial charge in [0.15, 0.2) is 0 Å². The molecule has 12 heavy (non-hydrogen) atoms. The molecule has 1 aliphatic heterocycles. The van der Waals surface area contributed by atoms with Gasteiger partial charge in [-0.15, -0.1) is 11.8 Å². The monoisotopic (exact) mass is 189 g/mol. The first-order chi connectivity index (χ1) is 5.65. The molecule has 1 rings (SSSR count). The number of thioether (sulfide) groups is 1. The highest BCUT2D eigenvalue weighted by atomic mass is 32.2. The van der Waals surface area contributed by atoms with Crippen LogP contribution in [0.2, 0.25) is 0 Å². The van der Waals surface area contributed by atoms with E-state index in [0.717, 1.165) is 6.42 Å². The quantitative estimate of drug-likeness (QED) is 0.645. The predicted octanol–water partition coefficient (Wildman–Crippen LogP) is 0.0812. The number of carboxylic acids is 1. The Morgan fingerprint density at radius 2 is 2.50 bits per heavy atom. The molecule has 68 valence electrons. The van der Waals surface area contributed by atoms with Crippen LogP contribution >= 0.6 is 11.8 Å². The van der Waals surface area contributed by atoms with Gasteiger partial charge in [0.1, 0.15) is 6.04 Å². The molecule has 0 spiro atoms. The summed E-state index contributed by atoms with van der Waals surface area (Å²) in [7, 11) is 0. The number of carbonyl (C=O) groups is 2. The third-order valence-electron chi connectivity index (χ3n) is 1.74. The predicted molar refractivity (Wildman–Crippen MR) is 46.1 cm³/mol. The van der Waals surface area contributed by atoms with Crippen LogP contribution in [-0.2, 0) is 9.59 Å². The van der Waals surface area contributed by atoms with Crippen molar-refractivity contribution in [2.45, 2.75) is 24.6 Å². The minimum atomic E-state index is -0.953. The highest BCUT2D eigenvalue weighted by Crippen LogP contribution is 2.20. The Hall–Kier alpha value is -0.710. The average Bonchev–Trinajstić information content (AvgIpc) is 2.04. The molecule has 0 saturated carbocycles. The van der Waals surface area contributed by atoms with E-state index in [0.29, 0.717) is 5.75 Å². The summed E-state index contributed by atoms with van der Waals surface area (Å²) >= 11 is 1.41. The van der Waals surface area contributed by atoms with Crippen molar-refractivity contribution in [2.24, 2.45) is 0 Å². The van der Waals surface area contributed by atoms with E-state index in [1.54, 1.807) is 0 Å². The Morgan fingerprint density at radius 3 is 2.92 bits per heavy atom. The number of aliphatic carboxylic acids is 1. The van der Waals surface area contributed by atoms with Crippen molar-refractivity contribution in [3.8, 4) is 0 Å². The summed E-state index contributed by atoms with van der Waals surface area (Å²) in [6, 6.07) is -0.703. The van der Waals surface area contributed by atoms with Gasteiger partial charge in [0.2, 0.25) is 5.91 Å². The third kappa shape index (κ3) is 1.91. The normalized spacial score (nSPS) is 29.6. The average molecular weight is 189 g/mol. The summed E-state index contributed by atoms with van der Waals surface area (Å²) in [6.45, 7) is 1.92. The molecule has 2 N–H and O–H groups in total. The topological polar surface area (TPSA) is 66.4 Å². The number of amides is 1. The molecular weight excluding hydrogens is 178 g/mol. The fourth-order valence-electron chi connectivity index (χ4n) is 1.03. The molecule has 1 amide bonds. The van der Waals surface area contributed by atoms with E-state index in [-0.39, 0.29) is 11.2 Å². The number of nitrogens with one attached hydrogen (secondary N) is 1. The lowest BCUT2D eigenvalue weighted by Crippen LogP contribution is -2.50. The Kier molecular flexibility index (Phi) is 2.97. The van der Waals surface area contributed by atoms with E-state index in [1.807, 2.05) is 6.92 Å². The molecule has 1 saturated heterocycles. The van der Waals surface area contributed by atoms with Gasteiger partial charge < -0.3 is 10.4 Å². The van der Waals surface area contributed by atoms with Crippen LogP contribution in [0, 0.1) is 0 Å². The molecule has 5 heteroatoms. The van der Waals surface area contributed by atoms with Crippen molar-refractivity contribution in [1.82, 2.24) is 5.32 Å². The zero-order valence-electron chi connectivity index (χ0n) is 6.74. The fourth-order valence-corrected chi connectivity index (χ4v) is 2.14. The molecule has 4 nitrogen and oxygen atoms in total. The second-order valence-electron chi connectivity index (χ2n) is 2.63. The number of carbonyl (C=O) groups excluding carboxylic acids is 1. The van der Waals surface area contributed by atoms with Crippen molar-refractivity contribution in [3.63, 3.8) is 0 Å². The van der Waals surface area contributed by atoms with Crippen molar-refractivity contribution in [2.75, 3.05) is 5.75 Å². The van der Waals surface area contributed by atoms with E-state index in [4.69, 9.17) is 5.11 Å². The van der Waals surface area contributed by atoms with E-state index >= 15 is 0 Å². The maximum Gasteiger partial charge on any atom is 0.327 e. The van der Waals surface area contributed by atoms with Crippen LogP contribution < -0.4 is 5.32 Å². The lowest BCUT2D eigenvalue weighted by Gasteiger charge is -2.25. The zero-order chi connectivity index (χ0) is 9.14. The van der Waals surface area contributed by atoms with Crippen molar-refractivity contribution in [3.05, 3.63) is 0 Å². The van der Waals surface area contributed by atoms with Crippen LogP contribution in [0.4, 0.5) is 0 Å². The molecule has 0 aromatic rings. The minimum absolute atomic E-state index is 0.0689. The van der Waals surface area contributed by atoms with E-state index in [9.17, 15) is 9.59 Å². The van der Waals surface area contributed by atoms with Gasteiger partial charge in [0, 0.05) is 5.75 Å².